The molecule has 0 heterocycles. The number of halogens is 2. The van der Waals surface area contributed by atoms with E-state index in [9.17, 15) is 27.1 Å². The van der Waals surface area contributed by atoms with Crippen LogP contribution in [0.25, 0.3) is 0 Å². The first-order valence-electron chi connectivity index (χ1n) is 6.19. The van der Waals surface area contributed by atoms with Crippen LogP contribution in [-0.4, -0.2) is 21.1 Å². The number of nitrogens with zero attached hydrogens (tertiary/aromatic N) is 1. The van der Waals surface area contributed by atoms with Gasteiger partial charge in [-0.2, -0.15) is 8.78 Å². The first-order valence-corrected chi connectivity index (χ1v) is 7.63. The molecule has 0 aliphatic rings. The number of hydrogen-bond acceptors (Lipinski definition) is 5. The Morgan fingerprint density at radius 2 is 1.61 bits per heavy atom. The van der Waals surface area contributed by atoms with Crippen LogP contribution < -0.4 is 14.1 Å². The lowest BCUT2D eigenvalue weighted by molar-refractivity contribution is -0.244. The van der Waals surface area contributed by atoms with Crippen molar-refractivity contribution in [2.45, 2.75) is 11.5 Å². The number of para-hydroxylation sites is 2. The monoisotopic (exact) mass is 342 g/mol. The van der Waals surface area contributed by atoms with E-state index in [1.807, 2.05) is 0 Å². The second-order valence-corrected chi connectivity index (χ2v) is 5.95. The fourth-order valence-electron chi connectivity index (χ4n) is 1.86. The lowest BCUT2D eigenvalue weighted by Crippen LogP contribution is -2.45. The molecule has 0 saturated carbocycles. The molecule has 0 aliphatic carbocycles. The van der Waals surface area contributed by atoms with Crippen LogP contribution >= 0.6 is 0 Å². The quantitative estimate of drug-likeness (QED) is 0.827. The summed E-state index contributed by atoms with van der Waals surface area (Å²) in [5, 5.41) is 11.3. The van der Waals surface area contributed by atoms with E-state index in [0.29, 0.717) is 0 Å². The smallest absolute Gasteiger partial charge is 0.387 e. The lowest BCUT2D eigenvalue weighted by atomic mass is 10.3. The molecule has 0 atom stereocenters. The van der Waals surface area contributed by atoms with Gasteiger partial charge in [0.1, 0.15) is 10.6 Å². The van der Waals surface area contributed by atoms with E-state index in [0.717, 1.165) is 12.1 Å². The summed E-state index contributed by atoms with van der Waals surface area (Å²) in [7, 11) is -4.72. The van der Waals surface area contributed by atoms with E-state index in [1.165, 1.54) is 36.4 Å². The van der Waals surface area contributed by atoms with Crippen molar-refractivity contribution in [3.63, 3.8) is 0 Å². The predicted octanol–water partition coefficient (Wildman–Crippen LogP) is 1.83. The van der Waals surface area contributed by atoms with Gasteiger partial charge >= 0.3 is 6.61 Å². The third-order valence-corrected chi connectivity index (χ3v) is 4.47. The van der Waals surface area contributed by atoms with Crippen molar-refractivity contribution in [1.29, 1.82) is 0 Å². The van der Waals surface area contributed by atoms with Gasteiger partial charge in [-0.1, -0.05) is 30.3 Å². The number of benzene rings is 2. The van der Waals surface area contributed by atoms with Gasteiger partial charge in [0.2, 0.25) is 0 Å². The maximum absolute atomic E-state index is 12.6. The van der Waals surface area contributed by atoms with E-state index in [-0.39, 0.29) is 9.99 Å². The van der Waals surface area contributed by atoms with Gasteiger partial charge in [0, 0.05) is 0 Å². The molecule has 2 aromatic rings. The number of carboxylic acid groups (broad SMARTS) is 1. The number of sulfonamides is 1. The van der Waals surface area contributed by atoms with Crippen LogP contribution in [0.5, 0.6) is 5.75 Å². The highest BCUT2D eigenvalue weighted by atomic mass is 32.2. The standard InChI is InChI=1S/C14H11F2NO5S/c15-13(16)22-11-8-4-5-9-12(11)23(20,21)17(14(18)19)10-6-2-1-3-7-10/h1-9,13H,(H,18,19)/p-1. The van der Waals surface area contributed by atoms with Crippen LogP contribution in [0.3, 0.4) is 0 Å². The molecule has 2 aromatic carbocycles. The number of alkyl halides is 2. The van der Waals surface area contributed by atoms with Gasteiger partial charge in [0.15, 0.2) is 6.09 Å². The number of anilines is 1. The molecule has 0 saturated heterocycles. The molecular formula is C14H10F2NO5S-. The predicted molar refractivity (Wildman–Crippen MR) is 74.6 cm³/mol. The van der Waals surface area contributed by atoms with E-state index in [2.05, 4.69) is 4.74 Å². The molecule has 23 heavy (non-hydrogen) atoms. The van der Waals surface area contributed by atoms with Gasteiger partial charge in [0.05, 0.1) is 5.69 Å². The number of rotatable bonds is 5. The molecule has 122 valence electrons. The fraction of sp³-hybridized carbons (Fsp3) is 0.0714. The summed E-state index contributed by atoms with van der Waals surface area (Å²) < 4.78 is 54.1. The van der Waals surface area contributed by atoms with Crippen molar-refractivity contribution in [2.24, 2.45) is 0 Å². The third-order valence-electron chi connectivity index (χ3n) is 2.74. The molecule has 0 aliphatic heterocycles. The Morgan fingerprint density at radius 3 is 2.17 bits per heavy atom. The summed E-state index contributed by atoms with van der Waals surface area (Å²) >= 11 is 0. The Labute approximate surface area is 130 Å². The Kier molecular flexibility index (Phi) is 4.80. The molecule has 9 heteroatoms. The van der Waals surface area contributed by atoms with Crippen LogP contribution in [-0.2, 0) is 10.0 Å². The zero-order chi connectivity index (χ0) is 17.0. The first-order chi connectivity index (χ1) is 10.8. The zero-order valence-corrected chi connectivity index (χ0v) is 12.2. The van der Waals surface area contributed by atoms with Crippen LogP contribution in [0.2, 0.25) is 0 Å². The molecule has 0 fully saturated rings. The van der Waals surface area contributed by atoms with Crippen molar-refractivity contribution < 1.29 is 31.8 Å². The highest BCUT2D eigenvalue weighted by molar-refractivity contribution is 7.93. The number of carbonyl (C=O) groups excluding carboxylic acids is 1. The molecule has 1 amide bonds. The Hall–Kier alpha value is -2.68. The molecule has 0 radical (unpaired) electrons. The average Bonchev–Trinajstić information content (AvgIpc) is 2.47. The number of carbonyl (C=O) groups is 1. The Bertz CT molecular complexity index is 796. The number of hydrogen-bond donors (Lipinski definition) is 0. The number of amides is 1. The second-order valence-electron chi connectivity index (χ2n) is 4.20. The maximum Gasteiger partial charge on any atom is 0.387 e. The normalized spacial score (nSPS) is 11.3. The maximum atomic E-state index is 12.6. The average molecular weight is 342 g/mol. The highest BCUT2D eigenvalue weighted by Gasteiger charge is 2.30. The van der Waals surface area contributed by atoms with Crippen molar-refractivity contribution in [3.8, 4) is 5.75 Å². The van der Waals surface area contributed by atoms with Gasteiger partial charge in [-0.15, -0.1) is 0 Å². The minimum absolute atomic E-state index is 0.0132. The van der Waals surface area contributed by atoms with Gasteiger partial charge in [-0.05, 0) is 24.3 Å². The molecule has 0 N–H and O–H groups in total. The summed E-state index contributed by atoms with van der Waals surface area (Å²) in [6.07, 6.45) is -2.02. The minimum Gasteiger partial charge on any atom is -0.529 e. The number of ether oxygens (including phenoxy) is 1. The van der Waals surface area contributed by atoms with Gasteiger partial charge in [0.25, 0.3) is 10.0 Å². The van der Waals surface area contributed by atoms with E-state index >= 15 is 0 Å². The lowest BCUT2D eigenvalue weighted by Gasteiger charge is -2.25. The molecule has 0 bridgehead atoms. The Balaban J connectivity index is 2.58. The molecule has 0 spiro atoms. The summed E-state index contributed by atoms with van der Waals surface area (Å²) in [6, 6.07) is 11.3. The van der Waals surface area contributed by atoms with Gasteiger partial charge < -0.3 is 14.6 Å². The summed E-state index contributed by atoms with van der Waals surface area (Å²) in [5.41, 5.74) is -0.209. The van der Waals surface area contributed by atoms with Gasteiger partial charge in [-0.3, -0.25) is 0 Å². The van der Waals surface area contributed by atoms with Crippen molar-refractivity contribution in [3.05, 3.63) is 54.6 Å². The van der Waals surface area contributed by atoms with Gasteiger partial charge in [-0.25, -0.2) is 12.7 Å². The Morgan fingerprint density at radius 1 is 1.04 bits per heavy atom. The molecular weight excluding hydrogens is 332 g/mol. The fourth-order valence-corrected chi connectivity index (χ4v) is 3.27. The molecule has 0 unspecified atom stereocenters. The second kappa shape index (κ2) is 6.61. The van der Waals surface area contributed by atoms with E-state index < -0.39 is 33.4 Å². The van der Waals surface area contributed by atoms with Crippen LogP contribution in [0, 0.1) is 0 Å². The van der Waals surface area contributed by atoms with E-state index in [1.54, 1.807) is 6.07 Å². The minimum atomic E-state index is -4.72. The SMILES string of the molecule is O=C([O-])N(c1ccccc1)S(=O)(=O)c1ccccc1OC(F)F. The molecule has 6 nitrogen and oxygen atoms in total. The topological polar surface area (TPSA) is 86.7 Å². The van der Waals surface area contributed by atoms with Crippen LogP contribution in [0.4, 0.5) is 19.3 Å². The van der Waals surface area contributed by atoms with Crippen molar-refractivity contribution in [1.82, 2.24) is 0 Å². The molecule has 0 aromatic heterocycles. The third kappa shape index (κ3) is 3.57. The van der Waals surface area contributed by atoms with E-state index in [4.69, 9.17) is 0 Å². The summed E-state index contributed by atoms with van der Waals surface area (Å²) in [5.74, 6) is -0.662. The largest absolute Gasteiger partial charge is 0.529 e. The van der Waals surface area contributed by atoms with Crippen molar-refractivity contribution >= 4 is 21.8 Å². The first kappa shape index (κ1) is 16.7. The molecule has 2 rings (SSSR count). The highest BCUT2D eigenvalue weighted by Crippen LogP contribution is 2.30. The van der Waals surface area contributed by atoms with Crippen LogP contribution in [0.1, 0.15) is 0 Å². The zero-order valence-electron chi connectivity index (χ0n) is 11.4. The summed E-state index contributed by atoms with van der Waals surface area (Å²) in [4.78, 5) is 10.6. The van der Waals surface area contributed by atoms with Crippen molar-refractivity contribution in [2.75, 3.05) is 4.31 Å². The summed E-state index contributed by atoms with van der Waals surface area (Å²) in [6.45, 7) is -3.26. The van der Waals surface area contributed by atoms with Crippen LogP contribution in [0.15, 0.2) is 59.5 Å².